The van der Waals surface area contributed by atoms with Crippen molar-refractivity contribution in [3.05, 3.63) is 35.4 Å². The Bertz CT molecular complexity index is 789. The van der Waals surface area contributed by atoms with Gasteiger partial charge in [-0.25, -0.2) is 9.59 Å². The number of nitrogens with one attached hydrogen (secondary N) is 1. The third kappa shape index (κ3) is 3.38. The Hall–Kier alpha value is -2.95. The molecule has 3 rings (SSSR count). The lowest BCUT2D eigenvalue weighted by Gasteiger charge is -2.49. The molecule has 1 fully saturated rings. The summed E-state index contributed by atoms with van der Waals surface area (Å²) in [5, 5.41) is 11.5. The lowest BCUT2D eigenvalue weighted by atomic mass is 10.0. The van der Waals surface area contributed by atoms with Crippen molar-refractivity contribution in [3.8, 4) is 0 Å². The Morgan fingerprint density at radius 2 is 2.23 bits per heavy atom. The van der Waals surface area contributed by atoms with Gasteiger partial charge in [-0.3, -0.25) is 14.5 Å². The number of carboxylic acid groups (broad SMARTS) is 1. The number of primary amides is 1. The van der Waals surface area contributed by atoms with Crippen LogP contribution in [0.2, 0.25) is 0 Å². The van der Waals surface area contributed by atoms with Crippen LogP contribution in [0.15, 0.2) is 34.1 Å². The number of carboxylic acids is 1. The van der Waals surface area contributed by atoms with Gasteiger partial charge in [0, 0.05) is 11.3 Å². The standard InChI is InChI=1S/C15H15N3O7S/c16-15(23)25-5-7-6-26-13-10(12(20)18(13)11(7)14(21)22)17-9(19)4-8-2-1-3-24-8/h1-3,10,13H,4-6H2,(H2,16,23)(H,17,19)(H,21,22)/t10?,13-/m1/s1. The molecule has 138 valence electrons. The van der Waals surface area contributed by atoms with Crippen LogP contribution in [0.3, 0.4) is 0 Å². The summed E-state index contributed by atoms with van der Waals surface area (Å²) in [6.07, 6.45) is 0.385. The molecule has 1 saturated heterocycles. The van der Waals surface area contributed by atoms with E-state index in [9.17, 15) is 24.3 Å². The highest BCUT2D eigenvalue weighted by Crippen LogP contribution is 2.40. The van der Waals surface area contributed by atoms with Crippen LogP contribution in [0.4, 0.5) is 4.79 Å². The molecule has 2 aliphatic rings. The van der Waals surface area contributed by atoms with Crippen molar-refractivity contribution in [1.82, 2.24) is 10.2 Å². The molecule has 1 aromatic rings. The quantitative estimate of drug-likeness (QED) is 0.566. The van der Waals surface area contributed by atoms with E-state index in [1.165, 1.54) is 18.0 Å². The number of furan rings is 1. The molecule has 11 heteroatoms. The van der Waals surface area contributed by atoms with Crippen LogP contribution in [-0.2, 0) is 25.5 Å². The number of nitrogens with zero attached hydrogens (tertiary/aromatic N) is 1. The Morgan fingerprint density at radius 1 is 1.46 bits per heavy atom. The second-order valence-electron chi connectivity index (χ2n) is 5.58. The predicted octanol–water partition coefficient (Wildman–Crippen LogP) is -0.344. The first kappa shape index (κ1) is 17.9. The third-order valence-corrected chi connectivity index (χ3v) is 5.21. The van der Waals surface area contributed by atoms with Gasteiger partial charge < -0.3 is 25.3 Å². The summed E-state index contributed by atoms with van der Waals surface area (Å²) in [5.41, 5.74) is 4.92. The number of aliphatic carboxylic acids is 1. The van der Waals surface area contributed by atoms with Crippen molar-refractivity contribution in [2.45, 2.75) is 17.8 Å². The number of fused-ring (bicyclic) bond motifs is 1. The van der Waals surface area contributed by atoms with Gasteiger partial charge in [-0.2, -0.15) is 0 Å². The second kappa shape index (κ2) is 7.12. The SMILES string of the molecule is NC(=O)OCC1=C(C(=O)O)N2C(=O)C(NC(=O)Cc3ccco3)[C@H]2SC1. The number of β-lactam (4-membered cyclic amide) rings is 1. The van der Waals surface area contributed by atoms with E-state index in [4.69, 9.17) is 10.2 Å². The molecule has 2 aliphatic heterocycles. The summed E-state index contributed by atoms with van der Waals surface area (Å²) in [6, 6.07) is 2.46. The molecule has 0 aromatic carbocycles. The molecule has 0 spiro atoms. The van der Waals surface area contributed by atoms with E-state index in [1.54, 1.807) is 12.1 Å². The first-order valence-electron chi connectivity index (χ1n) is 7.52. The first-order chi connectivity index (χ1) is 12.4. The molecule has 4 N–H and O–H groups in total. The molecule has 3 amide bonds. The third-order valence-electron chi connectivity index (χ3n) is 3.87. The number of hydrogen-bond donors (Lipinski definition) is 3. The number of hydrogen-bond acceptors (Lipinski definition) is 7. The van der Waals surface area contributed by atoms with Gasteiger partial charge in [0.1, 0.15) is 29.5 Å². The molecule has 26 heavy (non-hydrogen) atoms. The van der Waals surface area contributed by atoms with Gasteiger partial charge in [0.15, 0.2) is 0 Å². The molecular weight excluding hydrogens is 366 g/mol. The van der Waals surface area contributed by atoms with Crippen molar-refractivity contribution in [1.29, 1.82) is 0 Å². The van der Waals surface area contributed by atoms with Crippen LogP contribution < -0.4 is 11.1 Å². The maximum absolute atomic E-state index is 12.4. The Morgan fingerprint density at radius 3 is 2.85 bits per heavy atom. The highest BCUT2D eigenvalue weighted by atomic mass is 32.2. The Balaban J connectivity index is 1.69. The number of thioether (sulfide) groups is 1. The summed E-state index contributed by atoms with van der Waals surface area (Å²) in [6.45, 7) is -0.310. The van der Waals surface area contributed by atoms with Gasteiger partial charge in [0.05, 0.1) is 12.7 Å². The van der Waals surface area contributed by atoms with Gasteiger partial charge in [0.25, 0.3) is 5.91 Å². The number of carbonyl (C=O) groups is 4. The summed E-state index contributed by atoms with van der Waals surface area (Å²) in [5.74, 6) is -1.56. The fourth-order valence-corrected chi connectivity index (χ4v) is 4.08. The Labute approximate surface area is 151 Å². The summed E-state index contributed by atoms with van der Waals surface area (Å²) >= 11 is 1.27. The molecule has 2 atom stereocenters. The maximum Gasteiger partial charge on any atom is 0.404 e. The minimum Gasteiger partial charge on any atom is -0.477 e. The van der Waals surface area contributed by atoms with Gasteiger partial charge in [-0.15, -0.1) is 11.8 Å². The fourth-order valence-electron chi connectivity index (χ4n) is 2.75. The highest BCUT2D eigenvalue weighted by Gasteiger charge is 2.54. The Kier molecular flexibility index (Phi) is 4.89. The van der Waals surface area contributed by atoms with Gasteiger partial charge >= 0.3 is 12.1 Å². The molecule has 1 unspecified atom stereocenters. The van der Waals surface area contributed by atoms with Crippen molar-refractivity contribution in [3.63, 3.8) is 0 Å². The lowest BCUT2D eigenvalue weighted by Crippen LogP contribution is -2.70. The summed E-state index contributed by atoms with van der Waals surface area (Å²) in [7, 11) is 0. The fraction of sp³-hybridized carbons (Fsp3) is 0.333. The highest BCUT2D eigenvalue weighted by molar-refractivity contribution is 8.00. The van der Waals surface area contributed by atoms with Gasteiger partial charge in [0.2, 0.25) is 5.91 Å². The number of carbonyl (C=O) groups excluding carboxylic acids is 3. The van der Waals surface area contributed by atoms with Crippen LogP contribution in [0.25, 0.3) is 0 Å². The van der Waals surface area contributed by atoms with E-state index < -0.39 is 35.3 Å². The van der Waals surface area contributed by atoms with Crippen molar-refractivity contribution in [2.75, 3.05) is 12.4 Å². The zero-order valence-electron chi connectivity index (χ0n) is 13.3. The zero-order valence-corrected chi connectivity index (χ0v) is 14.2. The molecule has 10 nitrogen and oxygen atoms in total. The van der Waals surface area contributed by atoms with E-state index in [2.05, 4.69) is 10.1 Å². The molecule has 0 radical (unpaired) electrons. The number of amides is 3. The molecule has 1 aromatic heterocycles. The number of nitrogens with two attached hydrogens (primary N) is 1. The van der Waals surface area contributed by atoms with E-state index in [0.29, 0.717) is 5.76 Å². The van der Waals surface area contributed by atoms with Crippen molar-refractivity contribution in [2.24, 2.45) is 5.73 Å². The van der Waals surface area contributed by atoms with E-state index >= 15 is 0 Å². The minimum atomic E-state index is -1.31. The van der Waals surface area contributed by atoms with E-state index in [-0.39, 0.29) is 30.1 Å². The van der Waals surface area contributed by atoms with Crippen molar-refractivity contribution < 1.29 is 33.4 Å². The largest absolute Gasteiger partial charge is 0.477 e. The average Bonchev–Trinajstić information content (AvgIpc) is 3.09. The number of ether oxygens (including phenoxy) is 1. The zero-order chi connectivity index (χ0) is 18.8. The monoisotopic (exact) mass is 381 g/mol. The van der Waals surface area contributed by atoms with Crippen LogP contribution in [0.1, 0.15) is 5.76 Å². The van der Waals surface area contributed by atoms with Gasteiger partial charge in [-0.1, -0.05) is 0 Å². The smallest absolute Gasteiger partial charge is 0.404 e. The number of rotatable bonds is 6. The van der Waals surface area contributed by atoms with Crippen molar-refractivity contribution >= 4 is 35.6 Å². The molecule has 3 heterocycles. The summed E-state index contributed by atoms with van der Waals surface area (Å²) < 4.78 is 9.72. The van der Waals surface area contributed by atoms with Gasteiger partial charge in [-0.05, 0) is 12.1 Å². The average molecular weight is 381 g/mol. The van der Waals surface area contributed by atoms with Crippen LogP contribution >= 0.6 is 11.8 Å². The molecule has 0 saturated carbocycles. The van der Waals surface area contributed by atoms with Crippen LogP contribution in [0, 0.1) is 0 Å². The minimum absolute atomic E-state index is 0.0203. The predicted molar refractivity (Wildman–Crippen MR) is 87.6 cm³/mol. The van der Waals surface area contributed by atoms with Crippen LogP contribution in [-0.4, -0.2) is 57.7 Å². The van der Waals surface area contributed by atoms with E-state index in [0.717, 1.165) is 4.90 Å². The molecule has 0 aliphatic carbocycles. The molecular formula is C15H15N3O7S. The molecule has 0 bridgehead atoms. The second-order valence-corrected chi connectivity index (χ2v) is 6.68. The van der Waals surface area contributed by atoms with E-state index in [1.807, 2.05) is 0 Å². The lowest BCUT2D eigenvalue weighted by molar-refractivity contribution is -0.150. The first-order valence-corrected chi connectivity index (χ1v) is 8.57. The maximum atomic E-state index is 12.4. The summed E-state index contributed by atoms with van der Waals surface area (Å²) in [4.78, 5) is 47.8. The topological polar surface area (TPSA) is 152 Å². The van der Waals surface area contributed by atoms with Crippen LogP contribution in [0.5, 0.6) is 0 Å². The normalized spacial score (nSPS) is 21.7.